The predicted octanol–water partition coefficient (Wildman–Crippen LogP) is 2.44. The Morgan fingerprint density at radius 2 is 1.90 bits per heavy atom. The van der Waals surface area contributed by atoms with E-state index >= 15 is 0 Å². The molecule has 0 unspecified atom stereocenters. The molecule has 0 heterocycles. The van der Waals surface area contributed by atoms with Gasteiger partial charge in [0.25, 0.3) is 0 Å². The van der Waals surface area contributed by atoms with Gasteiger partial charge in [-0.3, -0.25) is 9.69 Å². The number of nitrogens with zero attached hydrogens (tertiary/aromatic N) is 1. The van der Waals surface area contributed by atoms with Crippen molar-refractivity contribution in [1.82, 2.24) is 4.90 Å². The molecule has 1 N–H and O–H groups in total. The van der Waals surface area contributed by atoms with Crippen molar-refractivity contribution in [2.75, 3.05) is 38.7 Å². The second-order valence-electron chi connectivity index (χ2n) is 4.73. The van der Waals surface area contributed by atoms with E-state index < -0.39 is 18.6 Å². The Hall–Kier alpha value is -1.60. The molecule has 0 fully saturated rings. The predicted molar refractivity (Wildman–Crippen MR) is 74.2 cm³/mol. The first-order valence-corrected chi connectivity index (χ1v) is 6.45. The van der Waals surface area contributed by atoms with Crippen molar-refractivity contribution in [2.24, 2.45) is 0 Å². The molecule has 21 heavy (non-hydrogen) atoms. The molecule has 0 bridgehead atoms. The van der Waals surface area contributed by atoms with E-state index in [-0.39, 0.29) is 19.7 Å². The summed E-state index contributed by atoms with van der Waals surface area (Å²) in [4.78, 5) is 12.8. The maximum absolute atomic E-state index is 12.4. The SMILES string of the molecule is COCCN(CC(=O)Nc1ccc(C)cc1)CC(F)(F)F. The second kappa shape index (κ2) is 7.99. The molecule has 0 spiro atoms. The van der Waals surface area contributed by atoms with Crippen LogP contribution in [0.2, 0.25) is 0 Å². The van der Waals surface area contributed by atoms with E-state index in [1.165, 1.54) is 7.11 Å². The van der Waals surface area contributed by atoms with Crippen LogP contribution < -0.4 is 5.32 Å². The summed E-state index contributed by atoms with van der Waals surface area (Å²) in [6, 6.07) is 7.04. The normalized spacial score (nSPS) is 11.7. The van der Waals surface area contributed by atoms with Crippen LogP contribution in [0.3, 0.4) is 0 Å². The van der Waals surface area contributed by atoms with E-state index in [1.54, 1.807) is 12.1 Å². The lowest BCUT2D eigenvalue weighted by atomic mass is 10.2. The zero-order valence-electron chi connectivity index (χ0n) is 12.0. The van der Waals surface area contributed by atoms with Crippen LogP contribution in [-0.2, 0) is 9.53 Å². The molecule has 1 aromatic rings. The maximum atomic E-state index is 12.4. The molecule has 0 saturated heterocycles. The molecule has 1 amide bonds. The average Bonchev–Trinajstić information content (AvgIpc) is 2.37. The minimum atomic E-state index is -4.35. The quantitative estimate of drug-likeness (QED) is 0.841. The number of amides is 1. The molecule has 0 aliphatic rings. The van der Waals surface area contributed by atoms with Gasteiger partial charge in [0, 0.05) is 19.3 Å². The lowest BCUT2D eigenvalue weighted by molar-refractivity contribution is -0.149. The summed E-state index contributed by atoms with van der Waals surface area (Å²) in [6.07, 6.45) is -4.35. The molecule has 1 aromatic carbocycles. The van der Waals surface area contributed by atoms with Gasteiger partial charge in [-0.15, -0.1) is 0 Å². The highest BCUT2D eigenvalue weighted by atomic mass is 19.4. The molecule has 0 aliphatic heterocycles. The maximum Gasteiger partial charge on any atom is 0.401 e. The van der Waals surface area contributed by atoms with Gasteiger partial charge in [0.15, 0.2) is 0 Å². The fraction of sp³-hybridized carbons (Fsp3) is 0.500. The number of carbonyl (C=O) groups is 1. The lowest BCUT2D eigenvalue weighted by Gasteiger charge is -2.22. The molecule has 7 heteroatoms. The van der Waals surface area contributed by atoms with Crippen LogP contribution >= 0.6 is 0 Å². The van der Waals surface area contributed by atoms with Gasteiger partial charge in [0.05, 0.1) is 19.7 Å². The number of nitrogens with one attached hydrogen (secondary N) is 1. The van der Waals surface area contributed by atoms with Gasteiger partial charge >= 0.3 is 6.18 Å². The first-order chi connectivity index (χ1) is 9.80. The van der Waals surface area contributed by atoms with Gasteiger partial charge in [-0.05, 0) is 19.1 Å². The number of alkyl halides is 3. The second-order valence-corrected chi connectivity index (χ2v) is 4.73. The third-order valence-corrected chi connectivity index (χ3v) is 2.72. The zero-order chi connectivity index (χ0) is 15.9. The van der Waals surface area contributed by atoms with Crippen LogP contribution in [0.4, 0.5) is 18.9 Å². The third kappa shape index (κ3) is 7.67. The number of ether oxygens (including phenoxy) is 1. The first-order valence-electron chi connectivity index (χ1n) is 6.45. The molecular weight excluding hydrogens is 285 g/mol. The fourth-order valence-corrected chi connectivity index (χ4v) is 1.73. The number of rotatable bonds is 7. The molecule has 0 atom stereocenters. The summed E-state index contributed by atoms with van der Waals surface area (Å²) < 4.78 is 42.1. The zero-order valence-corrected chi connectivity index (χ0v) is 12.0. The Balaban J connectivity index is 2.56. The topological polar surface area (TPSA) is 41.6 Å². The summed E-state index contributed by atoms with van der Waals surface area (Å²) in [5.41, 5.74) is 1.59. The number of aryl methyl sites for hydroxylation is 1. The van der Waals surface area contributed by atoms with Crippen molar-refractivity contribution in [1.29, 1.82) is 0 Å². The highest BCUT2D eigenvalue weighted by molar-refractivity contribution is 5.92. The minimum Gasteiger partial charge on any atom is -0.383 e. The molecule has 0 aromatic heterocycles. The van der Waals surface area contributed by atoms with Gasteiger partial charge in [-0.25, -0.2) is 0 Å². The van der Waals surface area contributed by atoms with Gasteiger partial charge < -0.3 is 10.1 Å². The van der Waals surface area contributed by atoms with Crippen LogP contribution in [-0.4, -0.2) is 50.3 Å². The number of anilines is 1. The van der Waals surface area contributed by atoms with E-state index in [9.17, 15) is 18.0 Å². The van der Waals surface area contributed by atoms with Gasteiger partial charge in [-0.1, -0.05) is 17.7 Å². The van der Waals surface area contributed by atoms with Crippen molar-refractivity contribution >= 4 is 11.6 Å². The van der Waals surface area contributed by atoms with Crippen LogP contribution in [0.5, 0.6) is 0 Å². The van der Waals surface area contributed by atoms with E-state index in [0.29, 0.717) is 5.69 Å². The molecule has 4 nitrogen and oxygen atoms in total. The molecule has 0 saturated carbocycles. The Morgan fingerprint density at radius 1 is 1.29 bits per heavy atom. The number of hydrogen-bond donors (Lipinski definition) is 1. The van der Waals surface area contributed by atoms with E-state index in [4.69, 9.17) is 4.74 Å². The molecular formula is C14H19F3N2O2. The van der Waals surface area contributed by atoms with Gasteiger partial charge in [-0.2, -0.15) is 13.2 Å². The summed E-state index contributed by atoms with van der Waals surface area (Å²) >= 11 is 0. The highest BCUT2D eigenvalue weighted by Crippen LogP contribution is 2.16. The molecule has 1 rings (SSSR count). The first kappa shape index (κ1) is 17.5. The van der Waals surface area contributed by atoms with Crippen LogP contribution in [0.15, 0.2) is 24.3 Å². The smallest absolute Gasteiger partial charge is 0.383 e. The minimum absolute atomic E-state index is 0.0390. The molecule has 0 radical (unpaired) electrons. The van der Waals surface area contributed by atoms with Crippen molar-refractivity contribution in [3.05, 3.63) is 29.8 Å². The monoisotopic (exact) mass is 304 g/mol. The van der Waals surface area contributed by atoms with Crippen LogP contribution in [0.25, 0.3) is 0 Å². The van der Waals surface area contributed by atoms with E-state index in [2.05, 4.69) is 5.32 Å². The van der Waals surface area contributed by atoms with Crippen LogP contribution in [0.1, 0.15) is 5.56 Å². The summed E-state index contributed by atoms with van der Waals surface area (Å²) in [6.45, 7) is 0.598. The fourth-order valence-electron chi connectivity index (χ4n) is 1.73. The standard InChI is InChI=1S/C14H19F3N2O2/c1-11-3-5-12(6-4-11)18-13(20)9-19(7-8-21-2)10-14(15,16)17/h3-6H,7-10H2,1-2H3,(H,18,20). The third-order valence-electron chi connectivity index (χ3n) is 2.72. The van der Waals surface area contributed by atoms with Crippen molar-refractivity contribution < 1.29 is 22.7 Å². The van der Waals surface area contributed by atoms with Gasteiger partial charge in [0.2, 0.25) is 5.91 Å². The average molecular weight is 304 g/mol. The largest absolute Gasteiger partial charge is 0.401 e. The number of hydrogen-bond acceptors (Lipinski definition) is 3. The van der Waals surface area contributed by atoms with E-state index in [0.717, 1.165) is 10.5 Å². The molecule has 118 valence electrons. The van der Waals surface area contributed by atoms with Crippen molar-refractivity contribution in [3.8, 4) is 0 Å². The summed E-state index contributed by atoms with van der Waals surface area (Å²) in [7, 11) is 1.40. The Labute approximate surface area is 121 Å². The number of carbonyl (C=O) groups excluding carboxylic acids is 1. The summed E-state index contributed by atoms with van der Waals surface area (Å²) in [5.74, 6) is -0.487. The Morgan fingerprint density at radius 3 is 2.43 bits per heavy atom. The number of methoxy groups -OCH3 is 1. The van der Waals surface area contributed by atoms with Crippen LogP contribution in [0, 0.1) is 6.92 Å². The lowest BCUT2D eigenvalue weighted by Crippen LogP contribution is -2.41. The highest BCUT2D eigenvalue weighted by Gasteiger charge is 2.31. The number of benzene rings is 1. The van der Waals surface area contributed by atoms with Gasteiger partial charge in [0.1, 0.15) is 0 Å². The Kier molecular flexibility index (Phi) is 6.64. The van der Waals surface area contributed by atoms with Crippen molar-refractivity contribution in [3.63, 3.8) is 0 Å². The van der Waals surface area contributed by atoms with Crippen molar-refractivity contribution in [2.45, 2.75) is 13.1 Å². The molecule has 0 aliphatic carbocycles. The summed E-state index contributed by atoms with van der Waals surface area (Å²) in [5, 5.41) is 2.57. The Bertz CT molecular complexity index is 447. The number of halogens is 3. The van der Waals surface area contributed by atoms with E-state index in [1.807, 2.05) is 19.1 Å².